The monoisotopic (exact) mass is 338 g/mol. The molecule has 0 radical (unpaired) electrons. The number of nitrogens with one attached hydrogen (secondary N) is 1. The van der Waals surface area contributed by atoms with Crippen LogP contribution >= 0.6 is 15.9 Å². The molecule has 20 heavy (non-hydrogen) atoms. The first kappa shape index (κ1) is 14.5. The fourth-order valence-electron chi connectivity index (χ4n) is 1.79. The summed E-state index contributed by atoms with van der Waals surface area (Å²) in [6.45, 7) is 2.36. The first-order chi connectivity index (χ1) is 9.47. The molecule has 2 aromatic rings. The van der Waals surface area contributed by atoms with Gasteiger partial charge in [0.25, 0.3) is 5.69 Å². The minimum absolute atomic E-state index is 0.0116. The molecular formula is C14H12BrFN2O2. The summed E-state index contributed by atoms with van der Waals surface area (Å²) in [5.74, 6) is -0.280. The maximum absolute atomic E-state index is 13.2. The van der Waals surface area contributed by atoms with Crippen LogP contribution in [0.1, 0.15) is 11.1 Å². The lowest BCUT2D eigenvalue weighted by Gasteiger charge is -2.09. The molecule has 0 spiro atoms. The molecule has 2 rings (SSSR count). The van der Waals surface area contributed by atoms with E-state index in [1.165, 1.54) is 18.2 Å². The van der Waals surface area contributed by atoms with Gasteiger partial charge in [0.1, 0.15) is 5.82 Å². The zero-order chi connectivity index (χ0) is 14.7. The Morgan fingerprint density at radius 3 is 2.70 bits per heavy atom. The second-order valence-electron chi connectivity index (χ2n) is 4.35. The third-order valence-corrected chi connectivity index (χ3v) is 3.57. The number of hydrogen-bond acceptors (Lipinski definition) is 3. The second-order valence-corrected chi connectivity index (χ2v) is 5.20. The molecule has 0 unspecified atom stereocenters. The Bertz CT molecular complexity index is 662. The summed E-state index contributed by atoms with van der Waals surface area (Å²) in [6, 6.07) is 9.29. The highest BCUT2D eigenvalue weighted by atomic mass is 79.9. The lowest BCUT2D eigenvalue weighted by molar-refractivity contribution is -0.385. The van der Waals surface area contributed by atoms with Gasteiger partial charge in [-0.25, -0.2) is 4.39 Å². The number of aryl methyl sites for hydroxylation is 1. The SMILES string of the molecule is Cc1ccc(F)cc1CNc1ccc([N+](=O)[O-])c(Br)c1. The fourth-order valence-corrected chi connectivity index (χ4v) is 2.32. The molecule has 0 amide bonds. The van der Waals surface area contributed by atoms with E-state index in [1.807, 2.05) is 6.92 Å². The van der Waals surface area contributed by atoms with Gasteiger partial charge < -0.3 is 5.32 Å². The van der Waals surface area contributed by atoms with Crippen molar-refractivity contribution in [1.82, 2.24) is 0 Å². The van der Waals surface area contributed by atoms with Crippen molar-refractivity contribution in [2.45, 2.75) is 13.5 Å². The van der Waals surface area contributed by atoms with Gasteiger partial charge in [-0.15, -0.1) is 0 Å². The van der Waals surface area contributed by atoms with Gasteiger partial charge in [-0.3, -0.25) is 10.1 Å². The number of nitrogens with zero attached hydrogens (tertiary/aromatic N) is 1. The third-order valence-electron chi connectivity index (χ3n) is 2.94. The normalized spacial score (nSPS) is 10.3. The molecule has 0 saturated heterocycles. The Morgan fingerprint density at radius 1 is 1.30 bits per heavy atom. The summed E-state index contributed by atoms with van der Waals surface area (Å²) in [7, 11) is 0. The second kappa shape index (κ2) is 6.00. The standard InChI is InChI=1S/C14H12BrFN2O2/c1-9-2-3-11(16)6-10(9)8-17-12-4-5-14(18(19)20)13(15)7-12/h2-7,17H,8H2,1H3. The molecule has 0 atom stereocenters. The Morgan fingerprint density at radius 2 is 2.05 bits per heavy atom. The summed E-state index contributed by atoms with van der Waals surface area (Å²) < 4.78 is 13.6. The van der Waals surface area contributed by atoms with Crippen molar-refractivity contribution in [3.8, 4) is 0 Å². The number of halogens is 2. The average molecular weight is 339 g/mol. The molecule has 0 saturated carbocycles. The minimum atomic E-state index is -0.454. The number of nitro benzene ring substituents is 1. The van der Waals surface area contributed by atoms with Crippen molar-refractivity contribution in [2.75, 3.05) is 5.32 Å². The molecular weight excluding hydrogens is 327 g/mol. The van der Waals surface area contributed by atoms with E-state index in [0.29, 0.717) is 11.0 Å². The van der Waals surface area contributed by atoms with E-state index in [2.05, 4.69) is 21.2 Å². The smallest absolute Gasteiger partial charge is 0.283 e. The molecule has 0 aliphatic rings. The zero-order valence-electron chi connectivity index (χ0n) is 10.7. The maximum Gasteiger partial charge on any atom is 0.283 e. The van der Waals surface area contributed by atoms with Gasteiger partial charge in [0.05, 0.1) is 9.40 Å². The molecule has 0 bridgehead atoms. The van der Waals surface area contributed by atoms with E-state index in [0.717, 1.165) is 16.8 Å². The van der Waals surface area contributed by atoms with Crippen LogP contribution in [-0.2, 0) is 6.54 Å². The molecule has 0 aliphatic carbocycles. The van der Waals surface area contributed by atoms with Gasteiger partial charge in [0.2, 0.25) is 0 Å². The molecule has 4 nitrogen and oxygen atoms in total. The van der Waals surface area contributed by atoms with Crippen LogP contribution in [0.5, 0.6) is 0 Å². The number of benzene rings is 2. The van der Waals surface area contributed by atoms with Crippen LogP contribution < -0.4 is 5.32 Å². The predicted octanol–water partition coefficient (Wildman–Crippen LogP) is 4.42. The lowest BCUT2D eigenvalue weighted by Crippen LogP contribution is -2.02. The fraction of sp³-hybridized carbons (Fsp3) is 0.143. The molecule has 0 heterocycles. The van der Waals surface area contributed by atoms with Gasteiger partial charge in [-0.2, -0.15) is 0 Å². The molecule has 0 fully saturated rings. The van der Waals surface area contributed by atoms with Crippen LogP contribution in [0.4, 0.5) is 15.8 Å². The number of anilines is 1. The van der Waals surface area contributed by atoms with E-state index in [4.69, 9.17) is 0 Å². The van der Waals surface area contributed by atoms with Crippen molar-refractivity contribution in [2.24, 2.45) is 0 Å². The summed E-state index contributed by atoms with van der Waals surface area (Å²) in [5, 5.41) is 13.8. The van der Waals surface area contributed by atoms with Crippen LogP contribution in [-0.4, -0.2) is 4.92 Å². The Labute approximate surface area is 123 Å². The summed E-state index contributed by atoms with van der Waals surface area (Å²) >= 11 is 3.16. The Kier molecular flexibility index (Phi) is 4.34. The molecule has 104 valence electrons. The number of hydrogen-bond donors (Lipinski definition) is 1. The van der Waals surface area contributed by atoms with Crippen molar-refractivity contribution >= 4 is 27.3 Å². The highest BCUT2D eigenvalue weighted by Gasteiger charge is 2.11. The van der Waals surface area contributed by atoms with E-state index < -0.39 is 4.92 Å². The van der Waals surface area contributed by atoms with Crippen LogP contribution in [0.3, 0.4) is 0 Å². The largest absolute Gasteiger partial charge is 0.381 e. The van der Waals surface area contributed by atoms with Crippen molar-refractivity contribution in [1.29, 1.82) is 0 Å². The minimum Gasteiger partial charge on any atom is -0.381 e. The lowest BCUT2D eigenvalue weighted by atomic mass is 10.1. The molecule has 2 aromatic carbocycles. The van der Waals surface area contributed by atoms with Crippen LogP contribution in [0.2, 0.25) is 0 Å². The van der Waals surface area contributed by atoms with Gasteiger partial charge in [0, 0.05) is 18.3 Å². The first-order valence-electron chi connectivity index (χ1n) is 5.90. The van der Waals surface area contributed by atoms with E-state index in [-0.39, 0.29) is 11.5 Å². The predicted molar refractivity (Wildman–Crippen MR) is 79.3 cm³/mol. The summed E-state index contributed by atoms with van der Waals surface area (Å²) in [4.78, 5) is 10.3. The molecule has 6 heteroatoms. The summed E-state index contributed by atoms with van der Waals surface area (Å²) in [6.07, 6.45) is 0. The highest BCUT2D eigenvalue weighted by molar-refractivity contribution is 9.10. The third kappa shape index (κ3) is 3.33. The van der Waals surface area contributed by atoms with Crippen LogP contribution in [0.15, 0.2) is 40.9 Å². The average Bonchev–Trinajstić information content (AvgIpc) is 2.39. The van der Waals surface area contributed by atoms with E-state index in [1.54, 1.807) is 18.2 Å². The molecule has 1 N–H and O–H groups in total. The van der Waals surface area contributed by atoms with Gasteiger partial charge in [-0.05, 0) is 58.2 Å². The molecule has 0 aromatic heterocycles. The highest BCUT2D eigenvalue weighted by Crippen LogP contribution is 2.28. The van der Waals surface area contributed by atoms with Gasteiger partial charge >= 0.3 is 0 Å². The quantitative estimate of drug-likeness (QED) is 0.663. The maximum atomic E-state index is 13.2. The number of rotatable bonds is 4. The summed E-state index contributed by atoms with van der Waals surface area (Å²) in [5.41, 5.74) is 2.57. The first-order valence-corrected chi connectivity index (χ1v) is 6.69. The van der Waals surface area contributed by atoms with Gasteiger partial charge in [0.15, 0.2) is 0 Å². The van der Waals surface area contributed by atoms with Crippen molar-refractivity contribution < 1.29 is 9.31 Å². The molecule has 0 aliphatic heterocycles. The van der Waals surface area contributed by atoms with E-state index in [9.17, 15) is 14.5 Å². The van der Waals surface area contributed by atoms with E-state index >= 15 is 0 Å². The van der Waals surface area contributed by atoms with Crippen LogP contribution in [0.25, 0.3) is 0 Å². The zero-order valence-corrected chi connectivity index (χ0v) is 12.3. The van der Waals surface area contributed by atoms with Crippen LogP contribution in [0, 0.1) is 22.9 Å². The topological polar surface area (TPSA) is 55.2 Å². The Balaban J connectivity index is 2.13. The number of nitro groups is 1. The van der Waals surface area contributed by atoms with Crippen molar-refractivity contribution in [3.05, 3.63) is 67.9 Å². The van der Waals surface area contributed by atoms with Crippen molar-refractivity contribution in [3.63, 3.8) is 0 Å². The van der Waals surface area contributed by atoms with Gasteiger partial charge in [-0.1, -0.05) is 6.07 Å². The Hall–Kier alpha value is -1.95.